The van der Waals surface area contributed by atoms with Crippen LogP contribution in [0.5, 0.6) is 0 Å². The van der Waals surface area contributed by atoms with E-state index in [1.807, 2.05) is 13.8 Å². The van der Waals surface area contributed by atoms with Crippen molar-refractivity contribution < 1.29 is 0 Å². The van der Waals surface area contributed by atoms with Gasteiger partial charge in [0.1, 0.15) is 0 Å². The van der Waals surface area contributed by atoms with Crippen molar-refractivity contribution in [1.29, 1.82) is 0 Å². The first-order valence-corrected chi connectivity index (χ1v) is 27.1. The van der Waals surface area contributed by atoms with E-state index in [9.17, 15) is 0 Å². The Labute approximate surface area is 430 Å². The van der Waals surface area contributed by atoms with Gasteiger partial charge in [0.15, 0.2) is 0 Å². The molecule has 382 valence electrons. The number of hydrogen-bond acceptors (Lipinski definition) is 0. The number of aryl methyl sites for hydroxylation is 13. The Morgan fingerprint density at radius 3 is 1.10 bits per heavy atom. The highest BCUT2D eigenvalue weighted by molar-refractivity contribution is 5.79. The third-order valence-electron chi connectivity index (χ3n) is 14.0. The van der Waals surface area contributed by atoms with E-state index < -0.39 is 0 Å². The smallest absolute Gasteiger partial charge is 0.00771 e. The van der Waals surface area contributed by atoms with Crippen LogP contribution in [-0.2, 0) is 25.7 Å². The van der Waals surface area contributed by atoms with Crippen LogP contribution in [0.4, 0.5) is 0 Å². The molecule has 0 saturated carbocycles. The molecule has 0 radical (unpaired) electrons. The number of rotatable bonds is 7. The van der Waals surface area contributed by atoms with Gasteiger partial charge >= 0.3 is 0 Å². The summed E-state index contributed by atoms with van der Waals surface area (Å²) in [6.45, 7) is 57.5. The van der Waals surface area contributed by atoms with E-state index in [0.717, 1.165) is 32.1 Å². The van der Waals surface area contributed by atoms with Crippen molar-refractivity contribution >= 4 is 5.57 Å². The van der Waals surface area contributed by atoms with Gasteiger partial charge in [-0.05, 0) is 223 Å². The van der Waals surface area contributed by atoms with Gasteiger partial charge in [0, 0.05) is 0 Å². The van der Waals surface area contributed by atoms with Crippen molar-refractivity contribution in [3.63, 3.8) is 0 Å². The van der Waals surface area contributed by atoms with Crippen LogP contribution >= 0.6 is 0 Å². The van der Waals surface area contributed by atoms with Gasteiger partial charge in [0.05, 0.1) is 0 Å². The van der Waals surface area contributed by atoms with E-state index in [4.69, 9.17) is 0 Å². The summed E-state index contributed by atoms with van der Waals surface area (Å²) in [5, 5.41) is 0. The fourth-order valence-corrected chi connectivity index (χ4v) is 8.97. The van der Waals surface area contributed by atoms with Gasteiger partial charge in [-0.15, -0.1) is 0 Å². The molecular weight excluding hydrogens is 829 g/mol. The monoisotopic (exact) mass is 935 g/mol. The molecule has 1 atom stereocenters. The lowest BCUT2D eigenvalue weighted by Gasteiger charge is -2.38. The molecule has 0 amide bonds. The summed E-state index contributed by atoms with van der Waals surface area (Å²) in [6, 6.07) is 28.8. The number of allylic oxidation sites excluding steroid dienone is 4. The molecular formula is C69H106. The zero-order valence-electron chi connectivity index (χ0n) is 50.0. The second kappa shape index (κ2) is 32.5. The molecule has 0 fully saturated rings. The average Bonchev–Trinajstić information content (AvgIpc) is 3.29. The largest absolute Gasteiger partial charge is 0.0748 e. The Balaban J connectivity index is 0.000000880. The summed E-state index contributed by atoms with van der Waals surface area (Å²) >= 11 is 0. The predicted octanol–water partition coefficient (Wildman–Crippen LogP) is 21.4. The SMILES string of the molecule is CC.CCC.CCc1c(C(C)C)cc(C)c(C)c1C1=C(C)C(C)=CC(C)(C(C)C)C1.CCc1ccc(C)cc1C.CCc1ccc(C)cc1C.CCc1ccc(C)cc1C.Cc1ccc(C)c(C)c1. The van der Waals surface area contributed by atoms with Crippen molar-refractivity contribution in [2.24, 2.45) is 11.3 Å². The number of hydrogen-bond donors (Lipinski definition) is 0. The molecule has 69 heavy (non-hydrogen) atoms. The first kappa shape index (κ1) is 64.6. The molecule has 0 spiro atoms. The van der Waals surface area contributed by atoms with Crippen LogP contribution in [0.3, 0.4) is 0 Å². The summed E-state index contributed by atoms with van der Waals surface area (Å²) in [5.41, 5.74) is 29.2. The van der Waals surface area contributed by atoms with E-state index in [0.29, 0.717) is 11.8 Å². The highest BCUT2D eigenvalue weighted by atomic mass is 14.4. The third-order valence-corrected chi connectivity index (χ3v) is 14.0. The summed E-state index contributed by atoms with van der Waals surface area (Å²) in [4.78, 5) is 0. The standard InChI is InChI=1S/C25H38.3C10H14.C9H12.C3H8.C2H6/c1-11-21-22(15(2)3)12-17(6)20(9)24(21)23-14-25(10,16(4)5)13-18(7)19(23)8;3*1-4-10-6-5-8(2)7-9(10)3;1-7-4-5-8(2)9(3)6-7;1-3-2;1-2/h12-13,15-16H,11,14H2,1-10H3;3*5-7H,4H2,1-3H3;4-6H,1-3H3;3H2,1-2H3;1-2H3. The lowest BCUT2D eigenvalue weighted by molar-refractivity contribution is 0.301. The molecule has 0 saturated heterocycles. The molecule has 0 aromatic heterocycles. The average molecular weight is 936 g/mol. The van der Waals surface area contributed by atoms with Crippen molar-refractivity contribution in [2.45, 2.75) is 224 Å². The van der Waals surface area contributed by atoms with E-state index in [-0.39, 0.29) is 5.41 Å². The van der Waals surface area contributed by atoms with Gasteiger partial charge in [-0.1, -0.05) is 209 Å². The van der Waals surface area contributed by atoms with Gasteiger partial charge in [0.2, 0.25) is 0 Å². The maximum absolute atomic E-state index is 2.52. The Bertz CT molecular complexity index is 2230. The van der Waals surface area contributed by atoms with Crippen molar-refractivity contribution in [3.05, 3.63) is 191 Å². The molecule has 0 N–H and O–H groups in total. The number of benzene rings is 5. The summed E-state index contributed by atoms with van der Waals surface area (Å²) < 4.78 is 0. The summed E-state index contributed by atoms with van der Waals surface area (Å²) in [5.74, 6) is 1.22. The minimum atomic E-state index is 0.248. The van der Waals surface area contributed by atoms with E-state index in [1.54, 1.807) is 22.3 Å². The first-order chi connectivity index (χ1) is 32.4. The van der Waals surface area contributed by atoms with Crippen molar-refractivity contribution in [3.8, 4) is 0 Å². The van der Waals surface area contributed by atoms with Crippen molar-refractivity contribution in [1.82, 2.24) is 0 Å². The molecule has 5 aromatic rings. The van der Waals surface area contributed by atoms with Gasteiger partial charge in [0.25, 0.3) is 0 Å². The van der Waals surface area contributed by atoms with Crippen molar-refractivity contribution in [2.75, 3.05) is 0 Å². The van der Waals surface area contributed by atoms with Crippen LogP contribution in [0.15, 0.2) is 96.1 Å². The van der Waals surface area contributed by atoms with E-state index in [2.05, 4.69) is 251 Å². The molecule has 0 aliphatic heterocycles. The zero-order chi connectivity index (χ0) is 53.3. The van der Waals surface area contributed by atoms with E-state index in [1.165, 1.54) is 95.5 Å². The minimum Gasteiger partial charge on any atom is -0.0748 e. The van der Waals surface area contributed by atoms with Gasteiger partial charge in [-0.3, -0.25) is 0 Å². The van der Waals surface area contributed by atoms with Crippen LogP contribution in [0.1, 0.15) is 217 Å². The van der Waals surface area contributed by atoms with Crippen LogP contribution in [0.25, 0.3) is 5.57 Å². The minimum absolute atomic E-state index is 0.248. The Morgan fingerprint density at radius 1 is 0.449 bits per heavy atom. The second-order valence-corrected chi connectivity index (χ2v) is 20.7. The highest BCUT2D eigenvalue weighted by Crippen LogP contribution is 2.48. The molecule has 0 heteroatoms. The fraction of sp³-hybridized carbons (Fsp3) is 0.507. The third kappa shape index (κ3) is 20.8. The molecule has 1 unspecified atom stereocenters. The molecule has 5 aromatic carbocycles. The quantitative estimate of drug-likeness (QED) is 0.153. The van der Waals surface area contributed by atoms with Crippen LogP contribution in [-0.4, -0.2) is 0 Å². The topological polar surface area (TPSA) is 0 Å². The fourth-order valence-electron chi connectivity index (χ4n) is 8.97. The van der Waals surface area contributed by atoms with Crippen LogP contribution in [0.2, 0.25) is 0 Å². The lowest BCUT2D eigenvalue weighted by atomic mass is 9.66. The first-order valence-electron chi connectivity index (χ1n) is 27.1. The molecule has 0 nitrogen and oxygen atoms in total. The Hall–Kier alpha value is -4.42. The van der Waals surface area contributed by atoms with Gasteiger partial charge < -0.3 is 0 Å². The Kier molecular flexibility index (Phi) is 30.4. The maximum atomic E-state index is 2.52. The maximum Gasteiger partial charge on any atom is -0.00771 e. The second-order valence-electron chi connectivity index (χ2n) is 20.7. The lowest BCUT2D eigenvalue weighted by Crippen LogP contribution is -2.25. The molecule has 0 bridgehead atoms. The van der Waals surface area contributed by atoms with Gasteiger partial charge in [-0.2, -0.15) is 0 Å². The summed E-state index contributed by atoms with van der Waals surface area (Å²) in [7, 11) is 0. The molecule has 1 aliphatic rings. The van der Waals surface area contributed by atoms with Gasteiger partial charge in [-0.25, -0.2) is 0 Å². The molecule has 0 heterocycles. The molecule has 6 rings (SSSR count). The zero-order valence-corrected chi connectivity index (χ0v) is 50.0. The highest BCUT2D eigenvalue weighted by Gasteiger charge is 2.33. The van der Waals surface area contributed by atoms with Crippen LogP contribution < -0.4 is 0 Å². The Morgan fingerprint density at radius 2 is 0.812 bits per heavy atom. The van der Waals surface area contributed by atoms with E-state index >= 15 is 0 Å². The normalized spacial score (nSPS) is 13.7. The molecule has 1 aliphatic carbocycles. The predicted molar refractivity (Wildman–Crippen MR) is 317 cm³/mol. The summed E-state index contributed by atoms with van der Waals surface area (Å²) in [6.07, 6.45) is 9.48. The van der Waals surface area contributed by atoms with Crippen LogP contribution in [0, 0.1) is 87.5 Å².